The van der Waals surface area contributed by atoms with Crippen LogP contribution in [0.15, 0.2) is 54.7 Å². The maximum Gasteiger partial charge on any atom is 0.272 e. The summed E-state index contributed by atoms with van der Waals surface area (Å²) >= 11 is 0. The van der Waals surface area contributed by atoms with Crippen LogP contribution in [0.2, 0.25) is 0 Å². The summed E-state index contributed by atoms with van der Waals surface area (Å²) in [5, 5.41) is 7.45. The molecule has 27 heavy (non-hydrogen) atoms. The third-order valence-electron chi connectivity index (χ3n) is 4.77. The molecule has 5 nitrogen and oxygen atoms in total. The fourth-order valence-electron chi connectivity index (χ4n) is 3.38. The molecular weight excluding hydrogens is 367 g/mol. The molecule has 0 saturated carbocycles. The standard InChI is InChI=1S/C20H19FN4O.ClH/c21-16-8-6-14(7-9-16)18-12-19(24-23-18)15-4-3-11-25(13-15)20(26)17-5-1-2-10-22-17;/h1-2,5-10,12,15H,3-4,11,13H2,(H,23,24);1H/t15-;/m0./s1. The normalized spacial score (nSPS) is 16.6. The van der Waals surface area contributed by atoms with Gasteiger partial charge in [-0.2, -0.15) is 5.10 Å². The molecule has 0 spiro atoms. The van der Waals surface area contributed by atoms with Gasteiger partial charge in [0.2, 0.25) is 0 Å². The molecule has 4 rings (SSSR count). The molecule has 0 unspecified atom stereocenters. The maximum absolute atomic E-state index is 13.1. The van der Waals surface area contributed by atoms with Crippen molar-refractivity contribution in [3.05, 3.63) is 71.9 Å². The summed E-state index contributed by atoms with van der Waals surface area (Å²) in [5.74, 6) is -0.0906. The molecule has 0 aliphatic carbocycles. The molecule has 1 saturated heterocycles. The molecule has 1 atom stereocenters. The average molecular weight is 387 g/mol. The van der Waals surface area contributed by atoms with Crippen LogP contribution < -0.4 is 0 Å². The van der Waals surface area contributed by atoms with Gasteiger partial charge in [0.05, 0.1) is 5.69 Å². The SMILES string of the molecule is Cl.O=C(c1ccccn1)N1CCC[C@H](c2cc(-c3ccc(F)cc3)n[nH]2)C1. The molecule has 1 aliphatic rings. The third kappa shape index (κ3) is 4.17. The van der Waals surface area contributed by atoms with Crippen molar-refractivity contribution in [2.45, 2.75) is 18.8 Å². The van der Waals surface area contributed by atoms with E-state index in [1.54, 1.807) is 30.5 Å². The number of piperidine rings is 1. The number of carbonyl (C=O) groups excluding carboxylic acids is 1. The topological polar surface area (TPSA) is 61.9 Å². The second-order valence-electron chi connectivity index (χ2n) is 6.52. The first kappa shape index (κ1) is 19.0. The van der Waals surface area contributed by atoms with Crippen molar-refractivity contribution < 1.29 is 9.18 Å². The number of aromatic nitrogens is 3. The summed E-state index contributed by atoms with van der Waals surface area (Å²) < 4.78 is 13.1. The Morgan fingerprint density at radius 1 is 1.19 bits per heavy atom. The number of halogens is 2. The minimum atomic E-state index is -0.263. The third-order valence-corrected chi connectivity index (χ3v) is 4.77. The van der Waals surface area contributed by atoms with Crippen LogP contribution in [0, 0.1) is 5.82 Å². The number of nitrogens with one attached hydrogen (secondary N) is 1. The lowest BCUT2D eigenvalue weighted by Gasteiger charge is -2.32. The van der Waals surface area contributed by atoms with Gasteiger partial charge in [0.15, 0.2) is 0 Å². The highest BCUT2D eigenvalue weighted by molar-refractivity contribution is 5.92. The van der Waals surface area contributed by atoms with Crippen LogP contribution in [0.1, 0.15) is 34.9 Å². The maximum atomic E-state index is 13.1. The Balaban J connectivity index is 0.00000210. The molecular formula is C20H20ClFN4O. The largest absolute Gasteiger partial charge is 0.337 e. The number of carbonyl (C=O) groups is 1. The second-order valence-corrected chi connectivity index (χ2v) is 6.52. The number of amides is 1. The number of H-pyrrole nitrogens is 1. The average Bonchev–Trinajstić information content (AvgIpc) is 3.19. The van der Waals surface area contributed by atoms with Gasteiger partial charge < -0.3 is 4.90 Å². The molecule has 1 fully saturated rings. The number of hydrogen-bond donors (Lipinski definition) is 1. The lowest BCUT2D eigenvalue weighted by atomic mass is 9.94. The molecule has 0 bridgehead atoms. The first-order valence-electron chi connectivity index (χ1n) is 8.72. The van der Waals surface area contributed by atoms with Gasteiger partial charge in [-0.15, -0.1) is 12.4 Å². The molecule has 2 aromatic heterocycles. The number of hydrogen-bond acceptors (Lipinski definition) is 3. The summed E-state index contributed by atoms with van der Waals surface area (Å²) in [5.41, 5.74) is 3.13. The van der Waals surface area contributed by atoms with Gasteiger partial charge >= 0.3 is 0 Å². The van der Waals surface area contributed by atoms with Crippen molar-refractivity contribution in [2.75, 3.05) is 13.1 Å². The van der Waals surface area contributed by atoms with E-state index < -0.39 is 0 Å². The summed E-state index contributed by atoms with van der Waals surface area (Å²) in [6.45, 7) is 1.38. The van der Waals surface area contributed by atoms with Gasteiger partial charge in [0.1, 0.15) is 11.5 Å². The van der Waals surface area contributed by atoms with Gasteiger partial charge in [0.25, 0.3) is 5.91 Å². The molecule has 3 aromatic rings. The van der Waals surface area contributed by atoms with Crippen molar-refractivity contribution in [3.8, 4) is 11.3 Å². The molecule has 0 radical (unpaired) electrons. The van der Waals surface area contributed by atoms with Crippen LogP contribution in [0.3, 0.4) is 0 Å². The van der Waals surface area contributed by atoms with Crippen molar-refractivity contribution in [1.82, 2.24) is 20.1 Å². The zero-order valence-electron chi connectivity index (χ0n) is 14.6. The Morgan fingerprint density at radius 2 is 2.00 bits per heavy atom. The van der Waals surface area contributed by atoms with E-state index in [0.29, 0.717) is 12.2 Å². The number of pyridine rings is 1. The molecule has 7 heteroatoms. The van der Waals surface area contributed by atoms with E-state index >= 15 is 0 Å². The van der Waals surface area contributed by atoms with Gasteiger partial charge in [-0.3, -0.25) is 14.9 Å². The molecule has 140 valence electrons. The van der Waals surface area contributed by atoms with E-state index in [2.05, 4.69) is 15.2 Å². The van der Waals surface area contributed by atoms with Crippen molar-refractivity contribution in [3.63, 3.8) is 0 Å². The Labute approximate surface area is 163 Å². The van der Waals surface area contributed by atoms with Crippen LogP contribution in [-0.2, 0) is 0 Å². The lowest BCUT2D eigenvalue weighted by molar-refractivity contribution is 0.0700. The fraction of sp³-hybridized carbons (Fsp3) is 0.250. The molecule has 1 amide bonds. The predicted molar refractivity (Wildman–Crippen MR) is 103 cm³/mol. The van der Waals surface area contributed by atoms with E-state index in [4.69, 9.17) is 0 Å². The van der Waals surface area contributed by atoms with Crippen LogP contribution in [0.4, 0.5) is 4.39 Å². The van der Waals surface area contributed by atoms with E-state index in [1.807, 2.05) is 17.0 Å². The smallest absolute Gasteiger partial charge is 0.272 e. The van der Waals surface area contributed by atoms with Gasteiger partial charge in [-0.25, -0.2) is 4.39 Å². The molecule has 3 heterocycles. The molecule has 1 aliphatic heterocycles. The van der Waals surface area contributed by atoms with E-state index in [9.17, 15) is 9.18 Å². The quantitative estimate of drug-likeness (QED) is 0.738. The van der Waals surface area contributed by atoms with E-state index in [1.165, 1.54) is 12.1 Å². The zero-order chi connectivity index (χ0) is 17.9. The Hall–Kier alpha value is -2.73. The van der Waals surface area contributed by atoms with Crippen molar-refractivity contribution in [1.29, 1.82) is 0 Å². The van der Waals surface area contributed by atoms with Crippen LogP contribution in [0.5, 0.6) is 0 Å². The highest BCUT2D eigenvalue weighted by Crippen LogP contribution is 2.29. The summed E-state index contributed by atoms with van der Waals surface area (Å²) in [4.78, 5) is 18.7. The Kier molecular flexibility index (Phi) is 5.86. The summed E-state index contributed by atoms with van der Waals surface area (Å²) in [7, 11) is 0. The van der Waals surface area contributed by atoms with Crippen molar-refractivity contribution >= 4 is 18.3 Å². The molecule has 1 N–H and O–H groups in total. The van der Waals surface area contributed by atoms with Gasteiger partial charge in [0, 0.05) is 36.5 Å². The van der Waals surface area contributed by atoms with Gasteiger partial charge in [-0.1, -0.05) is 6.07 Å². The second kappa shape index (κ2) is 8.31. The Bertz CT molecular complexity index is 898. The highest BCUT2D eigenvalue weighted by Gasteiger charge is 2.27. The van der Waals surface area contributed by atoms with E-state index in [0.717, 1.165) is 36.3 Å². The number of nitrogens with zero attached hydrogens (tertiary/aromatic N) is 3. The first-order chi connectivity index (χ1) is 12.7. The predicted octanol–water partition coefficient (Wildman–Crippen LogP) is 4.05. The lowest BCUT2D eigenvalue weighted by Crippen LogP contribution is -2.39. The number of aromatic amines is 1. The fourth-order valence-corrected chi connectivity index (χ4v) is 3.38. The minimum Gasteiger partial charge on any atom is -0.337 e. The first-order valence-corrected chi connectivity index (χ1v) is 8.72. The van der Waals surface area contributed by atoms with Crippen LogP contribution >= 0.6 is 12.4 Å². The monoisotopic (exact) mass is 386 g/mol. The van der Waals surface area contributed by atoms with Crippen LogP contribution in [-0.4, -0.2) is 39.1 Å². The summed E-state index contributed by atoms with van der Waals surface area (Å²) in [6.07, 6.45) is 3.57. The van der Waals surface area contributed by atoms with Crippen LogP contribution in [0.25, 0.3) is 11.3 Å². The number of likely N-dealkylation sites (tertiary alicyclic amines) is 1. The van der Waals surface area contributed by atoms with E-state index in [-0.39, 0.29) is 30.0 Å². The molecule has 1 aromatic carbocycles. The number of rotatable bonds is 3. The van der Waals surface area contributed by atoms with Gasteiger partial charge in [-0.05, 0) is 55.3 Å². The number of benzene rings is 1. The van der Waals surface area contributed by atoms with Crippen molar-refractivity contribution in [2.24, 2.45) is 0 Å². The zero-order valence-corrected chi connectivity index (χ0v) is 15.5. The minimum absolute atomic E-state index is 0. The highest BCUT2D eigenvalue weighted by atomic mass is 35.5. The Morgan fingerprint density at radius 3 is 2.74 bits per heavy atom. The summed E-state index contributed by atoms with van der Waals surface area (Å²) in [6, 6.07) is 13.7.